The Labute approximate surface area is 612 Å². The molecule has 26 heteroatoms. The molecule has 0 bridgehead atoms. The van der Waals surface area contributed by atoms with Crippen LogP contribution < -0.4 is 21.3 Å². The summed E-state index contributed by atoms with van der Waals surface area (Å²) in [5.41, 5.74) is 0.296. The van der Waals surface area contributed by atoms with Gasteiger partial charge in [0.2, 0.25) is 70.9 Å². The van der Waals surface area contributed by atoms with Crippen molar-refractivity contribution in [2.45, 2.75) is 240 Å². The molecular weight excluding hydrogens is 1320 g/mol. The van der Waals surface area contributed by atoms with Gasteiger partial charge in [-0.25, -0.2) is 0 Å². The molecule has 4 rings (SSSR count). The molecule has 12 amide bonds. The highest BCUT2D eigenvalue weighted by Crippen LogP contribution is 2.25. The Balaban J connectivity index is 1.96. The molecule has 2 saturated heterocycles. The number of aromatic hydroxyl groups is 1. The Hall–Kier alpha value is -8.16. The first-order chi connectivity index (χ1) is 48.1. The van der Waals surface area contributed by atoms with E-state index >= 15 is 28.8 Å². The maximum Gasteiger partial charge on any atom is 0.247 e. The number of carbonyl (C=O) groups excluding carboxylic acids is 12. The number of nitrogens with one attached hydrogen (secondary N) is 4. The predicted octanol–water partition coefficient (Wildman–Crippen LogP) is 5.41. The normalized spacial score (nSPS) is 25.1. The molecule has 0 unspecified atom stereocenters. The largest absolute Gasteiger partial charge is 0.508 e. The van der Waals surface area contributed by atoms with Gasteiger partial charge in [-0.1, -0.05) is 118 Å². The van der Waals surface area contributed by atoms with Crippen LogP contribution in [0, 0.1) is 29.6 Å². The number of ether oxygens (including phenoxy) is 1. The third kappa shape index (κ3) is 25.6. The summed E-state index contributed by atoms with van der Waals surface area (Å²) < 4.78 is 6.26. The summed E-state index contributed by atoms with van der Waals surface area (Å²) in [7, 11) is 10.2. The molecule has 0 spiro atoms. The van der Waals surface area contributed by atoms with Crippen LogP contribution >= 0.6 is 0 Å². The summed E-state index contributed by atoms with van der Waals surface area (Å²) >= 11 is 0. The Morgan fingerprint density at radius 3 is 1.53 bits per heavy atom. The van der Waals surface area contributed by atoms with Gasteiger partial charge < -0.3 is 70.3 Å². The average Bonchev–Trinajstić information content (AvgIpc) is 0.815. The van der Waals surface area contributed by atoms with Crippen LogP contribution in [0.3, 0.4) is 0 Å². The van der Waals surface area contributed by atoms with Crippen LogP contribution in [-0.4, -0.2) is 257 Å². The Kier molecular flexibility index (Phi) is 34.1. The number of rotatable bonds is 16. The Morgan fingerprint density at radius 1 is 0.515 bits per heavy atom. The highest BCUT2D eigenvalue weighted by molar-refractivity contribution is 6.00. The second-order valence-corrected chi connectivity index (χ2v) is 31.1. The molecule has 0 aliphatic carbocycles. The van der Waals surface area contributed by atoms with Crippen LogP contribution in [0.5, 0.6) is 5.75 Å². The quantitative estimate of drug-likeness (QED) is 0.140. The maximum atomic E-state index is 15.5. The number of carbonyl (C=O) groups is 12. The van der Waals surface area contributed by atoms with Gasteiger partial charge in [0.25, 0.3) is 0 Å². The first-order valence-electron chi connectivity index (χ1n) is 36.9. The molecular formula is C77H124N12O14. The molecule has 103 heavy (non-hydrogen) atoms. The van der Waals surface area contributed by atoms with E-state index in [0.717, 1.165) is 11.3 Å². The zero-order valence-electron chi connectivity index (χ0n) is 65.5. The van der Waals surface area contributed by atoms with Crippen LogP contribution in [0.2, 0.25) is 0 Å². The molecule has 2 heterocycles. The first-order valence-corrected chi connectivity index (χ1v) is 36.9. The molecule has 0 saturated carbocycles. The van der Waals surface area contributed by atoms with Gasteiger partial charge in [-0.2, -0.15) is 0 Å². The molecule has 2 fully saturated rings. The van der Waals surface area contributed by atoms with Crippen LogP contribution in [-0.2, 0) is 75.1 Å². The first kappa shape index (κ1) is 87.2. The van der Waals surface area contributed by atoms with Gasteiger partial charge in [0.15, 0.2) is 0 Å². The van der Waals surface area contributed by atoms with Gasteiger partial charge in [-0.15, -0.1) is 0 Å². The van der Waals surface area contributed by atoms with Gasteiger partial charge in [0.05, 0.1) is 18.6 Å². The number of benzene rings is 2. The maximum absolute atomic E-state index is 15.5. The predicted molar refractivity (Wildman–Crippen MR) is 395 cm³/mol. The molecule has 0 radical (unpaired) electrons. The molecule has 576 valence electrons. The fraction of sp³-hybridized carbons (Fsp3) is 0.688. The van der Waals surface area contributed by atoms with Crippen LogP contribution in [0.15, 0.2) is 54.6 Å². The average molecular weight is 1440 g/mol. The summed E-state index contributed by atoms with van der Waals surface area (Å²) in [4.78, 5) is 190. The topological polar surface area (TPSA) is 308 Å². The number of nitrogens with zero attached hydrogens (tertiary/aromatic N) is 8. The third-order valence-electron chi connectivity index (χ3n) is 19.8. The van der Waals surface area contributed by atoms with E-state index in [9.17, 15) is 33.9 Å². The molecule has 2 aliphatic heterocycles. The van der Waals surface area contributed by atoms with Crippen molar-refractivity contribution in [3.63, 3.8) is 0 Å². The lowest BCUT2D eigenvalue weighted by molar-refractivity contribution is -0.151. The number of amides is 12. The van der Waals surface area contributed by atoms with E-state index in [1.54, 1.807) is 88.9 Å². The van der Waals surface area contributed by atoms with Crippen LogP contribution in [0.4, 0.5) is 0 Å². The van der Waals surface area contributed by atoms with E-state index in [1.807, 2.05) is 48.5 Å². The molecule has 2 aliphatic rings. The van der Waals surface area contributed by atoms with Crippen molar-refractivity contribution < 1.29 is 67.4 Å². The standard InChI is InChI=1S/C77H124N12O14/c1-22-51(10)65-76(102)87(20)62(42-49(6)7)75(101)86(19)61(44-53-30-25-23-26-31-53)69(95)80-58(46-103-77(12,13)14)73(99)85(18)60(41-48(4)5)68(94)78-56(43-54-33-35-55(90)36-34-54)72(98)83(16)52(11)71(97)84(17)59(40-47(2)3)67(93)79-57(74(100)89-38-27-24-28-39-89)45-64(92)82(15)37-29-32-63(91)88(21)66(50(8)9)70(96)81-65/h23,25-26,30-31,33-36,47-52,56-62,65-66,90H,22,24,27-29,32,37-46H2,1-21H3,(H,78,94)(H,79,93)(H,80,95)(H,81,96)/t51-,52-,56-,57-,58-,59-,60-,61-,62-,65-,66-/m0/s1. The van der Waals surface area contributed by atoms with Crippen molar-refractivity contribution in [1.29, 1.82) is 0 Å². The summed E-state index contributed by atoms with van der Waals surface area (Å²) in [5.74, 6) is -9.26. The van der Waals surface area contributed by atoms with E-state index in [2.05, 4.69) is 21.3 Å². The molecule has 0 aromatic heterocycles. The van der Waals surface area contributed by atoms with Crippen molar-refractivity contribution in [3.05, 3.63) is 65.7 Å². The van der Waals surface area contributed by atoms with Crippen molar-refractivity contribution >= 4 is 70.9 Å². The molecule has 11 atom stereocenters. The van der Waals surface area contributed by atoms with Gasteiger partial charge in [0, 0.05) is 88.2 Å². The molecule has 26 nitrogen and oxygen atoms in total. The summed E-state index contributed by atoms with van der Waals surface area (Å²) in [6.45, 7) is 25.6. The van der Waals surface area contributed by atoms with Crippen LogP contribution in [0.25, 0.3) is 0 Å². The van der Waals surface area contributed by atoms with Gasteiger partial charge in [-0.05, 0) is 125 Å². The van der Waals surface area contributed by atoms with E-state index in [4.69, 9.17) is 4.74 Å². The third-order valence-corrected chi connectivity index (χ3v) is 19.8. The fourth-order valence-electron chi connectivity index (χ4n) is 13.1. The minimum absolute atomic E-state index is 0.0487. The Bertz CT molecular complexity index is 3190. The lowest BCUT2D eigenvalue weighted by Crippen LogP contribution is -2.62. The lowest BCUT2D eigenvalue weighted by Gasteiger charge is -2.39. The monoisotopic (exact) mass is 1440 g/mol. The minimum atomic E-state index is -1.49. The van der Waals surface area contributed by atoms with Gasteiger partial charge in [-0.3, -0.25) is 57.5 Å². The minimum Gasteiger partial charge on any atom is -0.508 e. The SMILES string of the molecule is CC[C@H](C)[C@@H]1NC(=O)[C@H](C(C)C)N(C)C(=O)CCCN(C)C(=O)C[C@@H](C(=O)N2CCCCC2)NC(=O)[C@H](CC(C)C)N(C)C(=O)[C@H](C)N(C)C(=O)[C@H](Cc2ccc(O)cc2)NC(=O)[C@H](CC(C)C)N(C)C(=O)[C@H](COC(C)(C)C)NC(=O)[C@H](Cc2ccccc2)N(C)C(=O)[C@H](CC(C)C)N(C)C1=O. The number of likely N-dealkylation sites (N-methyl/N-ethyl adjacent to an activating group) is 6. The molecule has 5 N–H and O–H groups in total. The van der Waals surface area contributed by atoms with Gasteiger partial charge >= 0.3 is 0 Å². The number of hydrogen-bond donors (Lipinski definition) is 5. The van der Waals surface area contributed by atoms with Crippen molar-refractivity contribution in [3.8, 4) is 5.75 Å². The second-order valence-electron chi connectivity index (χ2n) is 31.1. The highest BCUT2D eigenvalue weighted by Gasteiger charge is 2.44. The van der Waals surface area contributed by atoms with E-state index in [1.165, 1.54) is 97.8 Å². The zero-order valence-corrected chi connectivity index (χ0v) is 65.5. The van der Waals surface area contributed by atoms with Crippen molar-refractivity contribution in [2.75, 3.05) is 75.6 Å². The van der Waals surface area contributed by atoms with Gasteiger partial charge in [0.1, 0.15) is 66.2 Å². The van der Waals surface area contributed by atoms with E-state index < -0.39 is 162 Å². The van der Waals surface area contributed by atoms with Crippen molar-refractivity contribution in [1.82, 2.24) is 60.5 Å². The summed E-state index contributed by atoms with van der Waals surface area (Å²) in [5, 5.41) is 21.9. The molecule has 2 aromatic carbocycles. The fourth-order valence-corrected chi connectivity index (χ4v) is 13.1. The lowest BCUT2D eigenvalue weighted by atomic mass is 9.94. The smallest absolute Gasteiger partial charge is 0.247 e. The number of phenols is 1. The molecule has 2 aromatic rings. The van der Waals surface area contributed by atoms with E-state index in [0.29, 0.717) is 43.5 Å². The summed E-state index contributed by atoms with van der Waals surface area (Å²) in [6.07, 6.45) is 2.39. The second kappa shape index (κ2) is 40.2. The number of likely N-dealkylation sites (tertiary alicyclic amines) is 1. The number of phenolic OH excluding ortho intramolecular Hbond substituents is 1. The van der Waals surface area contributed by atoms with Crippen molar-refractivity contribution in [2.24, 2.45) is 29.6 Å². The number of piperidine rings is 1. The highest BCUT2D eigenvalue weighted by atomic mass is 16.5. The number of hydrogen-bond acceptors (Lipinski definition) is 14. The van der Waals surface area contributed by atoms with E-state index in [-0.39, 0.29) is 75.0 Å². The summed E-state index contributed by atoms with van der Waals surface area (Å²) in [6, 6.07) is 2.07. The zero-order chi connectivity index (χ0) is 77.7. The Morgan fingerprint density at radius 2 is 1.00 bits per heavy atom. The van der Waals surface area contributed by atoms with Crippen LogP contribution in [0.1, 0.15) is 172 Å².